The predicted molar refractivity (Wildman–Crippen MR) is 132 cm³/mol. The van der Waals surface area contributed by atoms with Gasteiger partial charge in [-0.1, -0.05) is 51.1 Å². The van der Waals surface area contributed by atoms with Crippen molar-refractivity contribution in [1.82, 2.24) is 10.2 Å². The molecule has 0 heterocycles. The van der Waals surface area contributed by atoms with Gasteiger partial charge in [-0.05, 0) is 62.4 Å². The minimum atomic E-state index is -0.666. The first-order chi connectivity index (χ1) is 15.3. The zero-order chi connectivity index (χ0) is 24.8. The fourth-order valence-electron chi connectivity index (χ4n) is 3.42. The Hall–Kier alpha value is -3.02. The van der Waals surface area contributed by atoms with Gasteiger partial charge in [-0.3, -0.25) is 9.59 Å². The third kappa shape index (κ3) is 7.81. The summed E-state index contributed by atoms with van der Waals surface area (Å²) < 4.78 is 11.2. The molecule has 0 fully saturated rings. The summed E-state index contributed by atoms with van der Waals surface area (Å²) in [6.45, 7) is 13.9. The molecule has 0 radical (unpaired) electrons. The summed E-state index contributed by atoms with van der Waals surface area (Å²) in [6, 6.07) is 14.5. The number of carbonyl (C=O) groups is 2. The molecule has 2 aromatic rings. The van der Waals surface area contributed by atoms with Gasteiger partial charge in [0.25, 0.3) is 5.91 Å². The molecule has 0 saturated carbocycles. The van der Waals surface area contributed by atoms with Crippen LogP contribution in [0.3, 0.4) is 0 Å². The van der Waals surface area contributed by atoms with Gasteiger partial charge in [-0.2, -0.15) is 0 Å². The Morgan fingerprint density at radius 1 is 0.970 bits per heavy atom. The third-order valence-corrected chi connectivity index (χ3v) is 5.22. The molecule has 0 aliphatic rings. The molecule has 2 aromatic carbocycles. The van der Waals surface area contributed by atoms with Gasteiger partial charge in [-0.25, -0.2) is 0 Å². The van der Waals surface area contributed by atoms with Gasteiger partial charge in [0.05, 0.1) is 7.11 Å². The summed E-state index contributed by atoms with van der Waals surface area (Å²) in [5.74, 6) is 0.942. The van der Waals surface area contributed by atoms with Gasteiger partial charge >= 0.3 is 0 Å². The summed E-state index contributed by atoms with van der Waals surface area (Å²) in [6.07, 6.45) is 0. The van der Waals surface area contributed by atoms with E-state index in [-0.39, 0.29) is 30.4 Å². The zero-order valence-corrected chi connectivity index (χ0v) is 21.2. The van der Waals surface area contributed by atoms with Crippen LogP contribution >= 0.6 is 0 Å². The Labute approximate surface area is 198 Å². The van der Waals surface area contributed by atoms with Crippen molar-refractivity contribution in [3.05, 3.63) is 59.7 Å². The van der Waals surface area contributed by atoms with Crippen molar-refractivity contribution in [2.75, 3.05) is 13.7 Å². The molecule has 180 valence electrons. The van der Waals surface area contributed by atoms with Crippen LogP contribution in [0.1, 0.15) is 59.6 Å². The monoisotopic (exact) mass is 454 g/mol. The second-order valence-electron chi connectivity index (χ2n) is 10.3. The number of benzene rings is 2. The number of rotatable bonds is 8. The second-order valence-corrected chi connectivity index (χ2v) is 10.3. The first-order valence-corrected chi connectivity index (χ1v) is 11.3. The minimum Gasteiger partial charge on any atom is -0.497 e. The maximum Gasteiger partial charge on any atom is 0.261 e. The number of ether oxygens (including phenoxy) is 2. The van der Waals surface area contributed by atoms with E-state index in [0.29, 0.717) is 5.75 Å². The van der Waals surface area contributed by atoms with E-state index in [1.165, 1.54) is 0 Å². The Morgan fingerprint density at radius 2 is 1.58 bits per heavy atom. The topological polar surface area (TPSA) is 67.9 Å². The molecular weight excluding hydrogens is 416 g/mol. The first kappa shape index (κ1) is 26.2. The van der Waals surface area contributed by atoms with Gasteiger partial charge in [0, 0.05) is 12.1 Å². The molecule has 0 aromatic heterocycles. The summed E-state index contributed by atoms with van der Waals surface area (Å²) >= 11 is 0. The van der Waals surface area contributed by atoms with Gasteiger partial charge in [0.15, 0.2) is 6.61 Å². The van der Waals surface area contributed by atoms with E-state index in [4.69, 9.17) is 9.47 Å². The minimum absolute atomic E-state index is 0.123. The Balaban J connectivity index is 2.24. The molecule has 6 nitrogen and oxygen atoms in total. The maximum absolute atomic E-state index is 13.3. The van der Waals surface area contributed by atoms with E-state index < -0.39 is 11.6 Å². The molecule has 2 rings (SSSR count). The van der Waals surface area contributed by atoms with Crippen LogP contribution in [0.15, 0.2) is 48.5 Å². The van der Waals surface area contributed by atoms with Crippen LogP contribution in [0, 0.1) is 0 Å². The van der Waals surface area contributed by atoms with E-state index in [2.05, 4.69) is 26.1 Å². The number of nitrogens with one attached hydrogen (secondary N) is 1. The summed E-state index contributed by atoms with van der Waals surface area (Å²) in [5.41, 5.74) is 1.40. The lowest BCUT2D eigenvalue weighted by molar-refractivity contribution is -0.142. The predicted octanol–water partition coefficient (Wildman–Crippen LogP) is 4.70. The molecule has 0 aliphatic heterocycles. The first-order valence-electron chi connectivity index (χ1n) is 11.3. The average molecular weight is 455 g/mol. The van der Waals surface area contributed by atoms with Gasteiger partial charge < -0.3 is 19.7 Å². The molecule has 1 atom stereocenters. The van der Waals surface area contributed by atoms with Crippen molar-refractivity contribution in [3.63, 3.8) is 0 Å². The fourth-order valence-corrected chi connectivity index (χ4v) is 3.42. The molecule has 2 amide bonds. The van der Waals surface area contributed by atoms with E-state index in [9.17, 15) is 9.59 Å². The number of methoxy groups -OCH3 is 1. The van der Waals surface area contributed by atoms with Crippen molar-refractivity contribution in [2.24, 2.45) is 0 Å². The van der Waals surface area contributed by atoms with Crippen molar-refractivity contribution >= 4 is 11.8 Å². The quantitative estimate of drug-likeness (QED) is 0.628. The maximum atomic E-state index is 13.3. The second kappa shape index (κ2) is 10.7. The molecule has 33 heavy (non-hydrogen) atoms. The van der Waals surface area contributed by atoms with E-state index in [1.807, 2.05) is 69.3 Å². The normalized spacial score (nSPS) is 12.6. The average Bonchev–Trinajstić information content (AvgIpc) is 2.74. The molecule has 0 spiro atoms. The van der Waals surface area contributed by atoms with Gasteiger partial charge in [0.1, 0.15) is 17.5 Å². The molecule has 0 bridgehead atoms. The zero-order valence-electron chi connectivity index (χ0n) is 21.2. The molecule has 1 N–H and O–H groups in total. The van der Waals surface area contributed by atoms with Crippen molar-refractivity contribution in [3.8, 4) is 11.5 Å². The van der Waals surface area contributed by atoms with Crippen LogP contribution in [0.4, 0.5) is 0 Å². The van der Waals surface area contributed by atoms with E-state index in [0.717, 1.165) is 16.9 Å². The largest absolute Gasteiger partial charge is 0.497 e. The Kier molecular flexibility index (Phi) is 8.53. The van der Waals surface area contributed by atoms with Crippen LogP contribution in [-0.2, 0) is 21.5 Å². The number of carbonyl (C=O) groups excluding carboxylic acids is 2. The number of hydrogen-bond acceptors (Lipinski definition) is 4. The lowest BCUT2D eigenvalue weighted by Gasteiger charge is -2.31. The summed E-state index contributed by atoms with van der Waals surface area (Å²) in [4.78, 5) is 27.8. The number of hydrogen-bond donors (Lipinski definition) is 1. The fraction of sp³-hybridized carbons (Fsp3) is 0.481. The van der Waals surface area contributed by atoms with Crippen LogP contribution in [0.5, 0.6) is 11.5 Å². The lowest BCUT2D eigenvalue weighted by atomic mass is 9.86. The highest BCUT2D eigenvalue weighted by Gasteiger charge is 2.29. The Bertz CT molecular complexity index is 940. The smallest absolute Gasteiger partial charge is 0.261 e. The van der Waals surface area contributed by atoms with E-state index in [1.54, 1.807) is 18.9 Å². The van der Waals surface area contributed by atoms with Gasteiger partial charge in [-0.15, -0.1) is 0 Å². The Morgan fingerprint density at radius 3 is 2.12 bits per heavy atom. The third-order valence-electron chi connectivity index (χ3n) is 5.22. The van der Waals surface area contributed by atoms with Crippen LogP contribution in [0.25, 0.3) is 0 Å². The van der Waals surface area contributed by atoms with Crippen LogP contribution < -0.4 is 14.8 Å². The summed E-state index contributed by atoms with van der Waals surface area (Å²) in [7, 11) is 1.61. The standard InChI is InChI=1S/C27H38N2O4/c1-19(25(31)28-27(5,6)7)29(17-20-13-15-21(32-8)16-14-20)24(30)18-33-23-12-10-9-11-22(23)26(2,3)4/h9-16,19H,17-18H2,1-8H3,(H,28,31)/t19-/m0/s1. The lowest BCUT2D eigenvalue weighted by Crippen LogP contribution is -2.53. The van der Waals surface area contributed by atoms with Crippen LogP contribution in [-0.4, -0.2) is 42.0 Å². The highest BCUT2D eigenvalue weighted by Crippen LogP contribution is 2.31. The van der Waals surface area contributed by atoms with Crippen molar-refractivity contribution in [1.29, 1.82) is 0 Å². The summed E-state index contributed by atoms with van der Waals surface area (Å²) in [5, 5.41) is 2.97. The molecule has 6 heteroatoms. The SMILES string of the molecule is COc1ccc(CN(C(=O)COc2ccccc2C(C)(C)C)[C@@H](C)C(=O)NC(C)(C)C)cc1. The molecule has 0 aliphatic carbocycles. The van der Waals surface area contributed by atoms with Crippen molar-refractivity contribution < 1.29 is 19.1 Å². The number of amides is 2. The molecule has 0 saturated heterocycles. The number of nitrogens with zero attached hydrogens (tertiary/aromatic N) is 1. The molecule has 0 unspecified atom stereocenters. The number of para-hydroxylation sites is 1. The highest BCUT2D eigenvalue weighted by atomic mass is 16.5. The molecular formula is C27H38N2O4. The van der Waals surface area contributed by atoms with Gasteiger partial charge in [0.2, 0.25) is 5.91 Å². The van der Waals surface area contributed by atoms with Crippen LogP contribution in [0.2, 0.25) is 0 Å². The van der Waals surface area contributed by atoms with E-state index >= 15 is 0 Å². The highest BCUT2D eigenvalue weighted by molar-refractivity contribution is 5.88. The van der Waals surface area contributed by atoms with Crippen molar-refractivity contribution in [2.45, 2.75) is 72.0 Å².